The molecule has 0 unspecified atom stereocenters. The minimum Gasteiger partial charge on any atom is -0.493 e. The first-order valence-corrected chi connectivity index (χ1v) is 10.3. The molecule has 0 aromatic heterocycles. The molecule has 2 aromatic carbocycles. The first-order valence-electron chi connectivity index (χ1n) is 9.57. The van der Waals surface area contributed by atoms with Crippen molar-refractivity contribution in [1.82, 2.24) is 0 Å². The molecule has 0 bridgehead atoms. The predicted molar refractivity (Wildman–Crippen MR) is 118 cm³/mol. The van der Waals surface area contributed by atoms with Gasteiger partial charge in [0.2, 0.25) is 0 Å². The molecule has 154 valence electrons. The van der Waals surface area contributed by atoms with Crippen molar-refractivity contribution < 1.29 is 14.8 Å². The number of quaternary nitrogens is 1. The average Bonchev–Trinajstić information content (AvgIpc) is 2.59. The second-order valence-electron chi connectivity index (χ2n) is 9.16. The number of ether oxygens (including phenoxy) is 2. The van der Waals surface area contributed by atoms with Crippen LogP contribution in [0.4, 0.5) is 0 Å². The fraction of sp³-hybridized carbons (Fsp3) is 0.478. The van der Waals surface area contributed by atoms with E-state index in [0.29, 0.717) is 27.8 Å². The minimum atomic E-state index is 0.175. The lowest BCUT2D eigenvalue weighted by Crippen LogP contribution is -2.94. The van der Waals surface area contributed by atoms with Crippen LogP contribution in [-0.2, 0) is 13.2 Å². The van der Waals surface area contributed by atoms with Crippen LogP contribution in [0.15, 0.2) is 36.4 Å². The lowest BCUT2D eigenvalue weighted by Gasteiger charge is -2.30. The summed E-state index contributed by atoms with van der Waals surface area (Å²) in [6.07, 6.45) is 1.14. The van der Waals surface area contributed by atoms with E-state index < -0.39 is 0 Å². The Morgan fingerprint density at radius 2 is 1.54 bits per heavy atom. The van der Waals surface area contributed by atoms with Gasteiger partial charge in [-0.25, -0.2) is 0 Å². The quantitative estimate of drug-likeness (QED) is 0.575. The molecule has 2 rings (SSSR count). The summed E-state index contributed by atoms with van der Waals surface area (Å²) in [7, 11) is 1.67. The number of rotatable bonds is 8. The Morgan fingerprint density at radius 3 is 2.14 bits per heavy atom. The van der Waals surface area contributed by atoms with E-state index in [4.69, 9.17) is 32.7 Å². The number of benzene rings is 2. The minimum absolute atomic E-state index is 0.175. The summed E-state index contributed by atoms with van der Waals surface area (Å²) in [5.74, 6) is 1.45. The van der Waals surface area contributed by atoms with Gasteiger partial charge in [0.25, 0.3) is 0 Å². The molecule has 3 nitrogen and oxygen atoms in total. The summed E-state index contributed by atoms with van der Waals surface area (Å²) in [4.78, 5) is 0. The van der Waals surface area contributed by atoms with Gasteiger partial charge in [0.15, 0.2) is 11.5 Å². The van der Waals surface area contributed by atoms with Crippen LogP contribution in [0.2, 0.25) is 10.0 Å². The monoisotopic (exact) mass is 424 g/mol. The smallest absolute Gasteiger partial charge is 0.161 e. The van der Waals surface area contributed by atoms with Crippen molar-refractivity contribution in [3.8, 4) is 11.5 Å². The Labute approximate surface area is 179 Å². The van der Waals surface area contributed by atoms with Crippen LogP contribution in [0.5, 0.6) is 11.5 Å². The van der Waals surface area contributed by atoms with Crippen molar-refractivity contribution in [2.45, 2.75) is 59.7 Å². The first kappa shape index (κ1) is 22.9. The third-order valence-corrected chi connectivity index (χ3v) is 5.22. The van der Waals surface area contributed by atoms with Gasteiger partial charge in [0.1, 0.15) is 13.2 Å². The van der Waals surface area contributed by atoms with Crippen molar-refractivity contribution >= 4 is 23.2 Å². The molecule has 0 amide bonds. The molecule has 28 heavy (non-hydrogen) atoms. The van der Waals surface area contributed by atoms with Gasteiger partial charge < -0.3 is 14.8 Å². The highest BCUT2D eigenvalue weighted by Gasteiger charge is 2.28. The summed E-state index contributed by atoms with van der Waals surface area (Å²) in [5, 5.41) is 3.46. The van der Waals surface area contributed by atoms with Crippen molar-refractivity contribution in [2.75, 3.05) is 7.11 Å². The zero-order valence-corrected chi connectivity index (χ0v) is 19.2. The van der Waals surface area contributed by atoms with Crippen LogP contribution in [0.1, 0.15) is 52.2 Å². The molecule has 0 aliphatic carbocycles. The standard InChI is InChI=1S/C23H31Cl2NO2/c1-22(2,3)15-23(4,5)26-13-16-8-10-20(21(12-16)27-6)28-14-17-7-9-18(24)19(25)11-17/h7-12,26H,13-15H2,1-6H3/p+1. The number of methoxy groups -OCH3 is 1. The van der Waals surface area contributed by atoms with Gasteiger partial charge in [-0.1, -0.05) is 50.0 Å². The molecular formula is C23H32Cl2NO2+. The molecule has 2 aromatic rings. The van der Waals surface area contributed by atoms with E-state index >= 15 is 0 Å². The Bertz CT molecular complexity index is 798. The SMILES string of the molecule is COc1cc(C[NH2+]C(C)(C)CC(C)(C)C)ccc1OCc1ccc(Cl)c(Cl)c1. The maximum absolute atomic E-state index is 6.07. The van der Waals surface area contributed by atoms with Crippen LogP contribution in [0, 0.1) is 5.41 Å². The van der Waals surface area contributed by atoms with Crippen molar-refractivity contribution in [3.05, 3.63) is 57.6 Å². The summed E-state index contributed by atoms with van der Waals surface area (Å²) in [5.41, 5.74) is 2.65. The Balaban J connectivity index is 2.02. The van der Waals surface area contributed by atoms with Crippen LogP contribution in [-0.4, -0.2) is 12.6 Å². The van der Waals surface area contributed by atoms with E-state index in [1.807, 2.05) is 24.3 Å². The van der Waals surface area contributed by atoms with Crippen LogP contribution >= 0.6 is 23.2 Å². The highest BCUT2D eigenvalue weighted by atomic mass is 35.5. The number of halogens is 2. The maximum Gasteiger partial charge on any atom is 0.161 e. The van der Waals surface area contributed by atoms with Crippen LogP contribution < -0.4 is 14.8 Å². The lowest BCUT2D eigenvalue weighted by atomic mass is 9.82. The third kappa shape index (κ3) is 7.20. The zero-order valence-electron chi connectivity index (χ0n) is 17.7. The molecule has 0 radical (unpaired) electrons. The van der Waals surface area contributed by atoms with Crippen molar-refractivity contribution in [3.63, 3.8) is 0 Å². The normalized spacial score (nSPS) is 12.1. The lowest BCUT2D eigenvalue weighted by molar-refractivity contribution is -0.737. The van der Waals surface area contributed by atoms with E-state index in [1.165, 1.54) is 5.56 Å². The van der Waals surface area contributed by atoms with Gasteiger partial charge in [-0.15, -0.1) is 0 Å². The number of hydrogen-bond acceptors (Lipinski definition) is 2. The van der Waals surface area contributed by atoms with Gasteiger partial charge in [-0.2, -0.15) is 0 Å². The Hall–Kier alpha value is -1.42. The highest BCUT2D eigenvalue weighted by molar-refractivity contribution is 6.42. The number of hydrogen-bond donors (Lipinski definition) is 1. The summed E-state index contributed by atoms with van der Waals surface area (Å²) in [6.45, 7) is 12.7. The largest absolute Gasteiger partial charge is 0.493 e. The Morgan fingerprint density at radius 1 is 0.857 bits per heavy atom. The molecule has 0 saturated heterocycles. The van der Waals surface area contributed by atoms with E-state index in [-0.39, 0.29) is 5.54 Å². The van der Waals surface area contributed by atoms with Gasteiger partial charge in [0.05, 0.1) is 22.7 Å². The van der Waals surface area contributed by atoms with Gasteiger partial charge >= 0.3 is 0 Å². The summed E-state index contributed by atoms with van der Waals surface area (Å²) >= 11 is 12.0. The highest BCUT2D eigenvalue weighted by Crippen LogP contribution is 2.30. The summed E-state index contributed by atoms with van der Waals surface area (Å²) in [6, 6.07) is 11.6. The molecule has 0 atom stereocenters. The fourth-order valence-electron chi connectivity index (χ4n) is 3.58. The zero-order chi connectivity index (χ0) is 20.9. The topological polar surface area (TPSA) is 35.1 Å². The third-order valence-electron chi connectivity index (χ3n) is 4.48. The van der Waals surface area contributed by atoms with Crippen molar-refractivity contribution in [2.24, 2.45) is 5.41 Å². The van der Waals surface area contributed by atoms with Crippen LogP contribution in [0.25, 0.3) is 0 Å². The first-order chi connectivity index (χ1) is 13.0. The van der Waals surface area contributed by atoms with Gasteiger partial charge in [-0.3, -0.25) is 0 Å². The average molecular weight is 425 g/mol. The molecule has 0 fully saturated rings. The van der Waals surface area contributed by atoms with E-state index in [0.717, 1.165) is 24.3 Å². The Kier molecular flexibility index (Phi) is 7.66. The van der Waals surface area contributed by atoms with E-state index in [9.17, 15) is 0 Å². The number of nitrogens with two attached hydrogens (primary N) is 1. The molecular weight excluding hydrogens is 393 g/mol. The molecule has 0 aliphatic rings. The molecule has 0 saturated carbocycles. The fourth-order valence-corrected chi connectivity index (χ4v) is 3.90. The summed E-state index contributed by atoms with van der Waals surface area (Å²) < 4.78 is 11.5. The van der Waals surface area contributed by atoms with Crippen LogP contribution in [0.3, 0.4) is 0 Å². The second kappa shape index (κ2) is 9.39. The van der Waals surface area contributed by atoms with Gasteiger partial charge in [0, 0.05) is 12.0 Å². The maximum atomic E-state index is 6.07. The predicted octanol–water partition coefficient (Wildman–Crippen LogP) is 5.86. The molecule has 0 aliphatic heterocycles. The molecule has 0 heterocycles. The molecule has 2 N–H and O–H groups in total. The second-order valence-corrected chi connectivity index (χ2v) is 9.97. The van der Waals surface area contributed by atoms with Crippen molar-refractivity contribution in [1.29, 1.82) is 0 Å². The molecule has 5 heteroatoms. The van der Waals surface area contributed by atoms with E-state index in [1.54, 1.807) is 13.2 Å². The van der Waals surface area contributed by atoms with E-state index in [2.05, 4.69) is 46.0 Å². The molecule has 0 spiro atoms. The van der Waals surface area contributed by atoms with Gasteiger partial charge in [-0.05, 0) is 55.2 Å².